The van der Waals surface area contributed by atoms with E-state index >= 15 is 0 Å². The molecule has 2 aliphatic heterocycles. The highest BCUT2D eigenvalue weighted by molar-refractivity contribution is 7.90. The molecule has 0 spiro atoms. The summed E-state index contributed by atoms with van der Waals surface area (Å²) in [5.74, 6) is -1.22. The van der Waals surface area contributed by atoms with Crippen molar-refractivity contribution in [2.24, 2.45) is 5.92 Å². The number of sulfonamides is 1. The van der Waals surface area contributed by atoms with E-state index in [0.29, 0.717) is 43.6 Å². The third kappa shape index (κ3) is 7.32. The zero-order valence-corrected chi connectivity index (χ0v) is 27.0. The van der Waals surface area contributed by atoms with E-state index in [0.717, 1.165) is 50.5 Å². The number of likely N-dealkylation sites (tertiary alicyclic amines) is 1. The molecule has 1 atom stereocenters. The van der Waals surface area contributed by atoms with Crippen LogP contribution in [0.4, 0.5) is 8.78 Å². The number of sulfone groups is 1. The van der Waals surface area contributed by atoms with E-state index in [9.17, 15) is 30.4 Å². The molecule has 0 N–H and O–H groups in total. The van der Waals surface area contributed by atoms with Crippen LogP contribution in [0.5, 0.6) is 0 Å². The van der Waals surface area contributed by atoms with Gasteiger partial charge in [-0.15, -0.1) is 0 Å². The van der Waals surface area contributed by atoms with Gasteiger partial charge in [-0.25, -0.2) is 34.7 Å². The number of rotatable bonds is 9. The first-order chi connectivity index (χ1) is 20.7. The average molecular weight is 651 g/mol. The Bertz CT molecular complexity index is 1730. The summed E-state index contributed by atoms with van der Waals surface area (Å²) < 4.78 is 81.0. The highest BCUT2D eigenvalue weighted by atomic mass is 32.2. The van der Waals surface area contributed by atoms with Crippen LogP contribution in [0.15, 0.2) is 58.4 Å². The topological polar surface area (TPSA) is 102 Å². The number of imidazole rings is 1. The lowest BCUT2D eigenvalue weighted by Crippen LogP contribution is -2.40. The number of aromatic nitrogens is 2. The Kier molecular flexibility index (Phi) is 9.50. The predicted octanol–water partition coefficient (Wildman–Crippen LogP) is 4.11. The van der Waals surface area contributed by atoms with E-state index < -0.39 is 31.5 Å². The number of piperidine rings is 2. The Balaban J connectivity index is 1.24. The molecular formula is C31H40F2N4O5S2. The number of benzene rings is 2. The van der Waals surface area contributed by atoms with Gasteiger partial charge >= 0.3 is 5.69 Å². The van der Waals surface area contributed by atoms with Crippen LogP contribution in [0.3, 0.4) is 0 Å². The monoisotopic (exact) mass is 650 g/mol. The quantitative estimate of drug-likeness (QED) is 0.346. The first-order valence-electron chi connectivity index (χ1n) is 14.9. The lowest BCUT2D eigenvalue weighted by atomic mass is 9.78. The highest BCUT2D eigenvalue weighted by Gasteiger charge is 2.32. The molecule has 2 saturated heterocycles. The SMILES string of the molecule is Cc1cn(C2CCN(CC[C@@H](c3cc(F)cc(F)c3)C3CCN(S(C)(=O)=O)CC3)CC2)c(=O)n1-c1ccc(S(C)(=O)=O)cc1. The van der Waals surface area contributed by atoms with Crippen molar-refractivity contribution < 1.29 is 25.6 Å². The van der Waals surface area contributed by atoms with Crippen molar-refractivity contribution in [3.63, 3.8) is 0 Å². The molecule has 1 aromatic heterocycles. The Hall–Kier alpha value is -2.87. The second kappa shape index (κ2) is 12.9. The predicted molar refractivity (Wildman–Crippen MR) is 165 cm³/mol. The number of aryl methyl sites for hydroxylation is 1. The molecule has 0 unspecified atom stereocenters. The van der Waals surface area contributed by atoms with Crippen LogP contribution in [-0.4, -0.2) is 80.4 Å². The summed E-state index contributed by atoms with van der Waals surface area (Å²) in [4.78, 5) is 16.0. The fraction of sp³-hybridized carbons (Fsp3) is 0.516. The molecule has 3 aromatic rings. The van der Waals surface area contributed by atoms with E-state index in [1.807, 2.05) is 13.1 Å². The maximum atomic E-state index is 14.2. The molecule has 0 radical (unpaired) electrons. The van der Waals surface area contributed by atoms with Gasteiger partial charge in [-0.1, -0.05) is 0 Å². The lowest BCUT2D eigenvalue weighted by Gasteiger charge is -2.37. The molecule has 9 nitrogen and oxygen atoms in total. The highest BCUT2D eigenvalue weighted by Crippen LogP contribution is 2.37. The van der Waals surface area contributed by atoms with Crippen molar-refractivity contribution >= 4 is 19.9 Å². The van der Waals surface area contributed by atoms with Gasteiger partial charge in [0.15, 0.2) is 9.84 Å². The van der Waals surface area contributed by atoms with Crippen LogP contribution in [-0.2, 0) is 19.9 Å². The molecule has 3 heterocycles. The second-order valence-electron chi connectivity index (χ2n) is 12.2. The molecule has 0 amide bonds. The van der Waals surface area contributed by atoms with Gasteiger partial charge in [0.1, 0.15) is 11.6 Å². The Morgan fingerprint density at radius 1 is 0.864 bits per heavy atom. The number of halogens is 2. The largest absolute Gasteiger partial charge is 0.333 e. The zero-order valence-electron chi connectivity index (χ0n) is 25.3. The van der Waals surface area contributed by atoms with Gasteiger partial charge in [-0.3, -0.25) is 9.13 Å². The van der Waals surface area contributed by atoms with Crippen LogP contribution < -0.4 is 5.69 Å². The van der Waals surface area contributed by atoms with E-state index in [1.165, 1.54) is 34.8 Å². The Morgan fingerprint density at radius 3 is 2.00 bits per heavy atom. The van der Waals surface area contributed by atoms with Crippen molar-refractivity contribution in [1.29, 1.82) is 0 Å². The molecule has 0 aliphatic carbocycles. The van der Waals surface area contributed by atoms with Gasteiger partial charge in [0.25, 0.3) is 0 Å². The zero-order chi connectivity index (χ0) is 31.8. The molecule has 240 valence electrons. The van der Waals surface area contributed by atoms with Gasteiger partial charge in [0.05, 0.1) is 16.8 Å². The summed E-state index contributed by atoms with van der Waals surface area (Å²) in [5, 5.41) is 0. The maximum Gasteiger partial charge on any atom is 0.333 e. The summed E-state index contributed by atoms with van der Waals surface area (Å²) in [5.41, 5.74) is 1.82. The standard InChI is InChI=1S/C31H40F2N4O5S2/c1-22-21-36(31(38)37(22)28-4-6-29(7-5-28)43(2,39)40)27-10-13-34(14-11-27)15-12-30(24-18-25(32)20-26(33)19-24)23-8-16-35(17-9-23)44(3,41)42/h4-7,18-21,23,27,30H,8-17H2,1-3H3/t30-/m1/s1. The molecule has 5 rings (SSSR count). The van der Waals surface area contributed by atoms with Crippen LogP contribution in [0.1, 0.15) is 55.3 Å². The molecule has 2 fully saturated rings. The van der Waals surface area contributed by atoms with E-state index in [1.54, 1.807) is 21.3 Å². The summed E-state index contributed by atoms with van der Waals surface area (Å²) in [6.45, 7) is 4.91. The van der Waals surface area contributed by atoms with Crippen molar-refractivity contribution in [3.05, 3.63) is 82.0 Å². The Morgan fingerprint density at radius 2 is 1.45 bits per heavy atom. The van der Waals surface area contributed by atoms with Gasteiger partial charge < -0.3 is 4.90 Å². The third-order valence-corrected chi connectivity index (χ3v) is 11.6. The summed E-state index contributed by atoms with van der Waals surface area (Å²) in [6.07, 6.45) is 7.70. The van der Waals surface area contributed by atoms with Gasteiger partial charge in [-0.2, -0.15) is 0 Å². The molecule has 2 aliphatic rings. The van der Waals surface area contributed by atoms with E-state index in [2.05, 4.69) is 4.90 Å². The van der Waals surface area contributed by atoms with Crippen molar-refractivity contribution in [2.45, 2.75) is 55.9 Å². The molecule has 13 heteroatoms. The second-order valence-corrected chi connectivity index (χ2v) is 16.2. The van der Waals surface area contributed by atoms with Gasteiger partial charge in [-0.05, 0) is 99.4 Å². The van der Waals surface area contributed by atoms with Crippen LogP contribution in [0, 0.1) is 24.5 Å². The molecule has 44 heavy (non-hydrogen) atoms. The number of hydrogen-bond donors (Lipinski definition) is 0. The van der Waals surface area contributed by atoms with Crippen LogP contribution in [0.2, 0.25) is 0 Å². The third-order valence-electron chi connectivity index (χ3n) is 9.17. The minimum Gasteiger partial charge on any atom is -0.303 e. The minimum absolute atomic E-state index is 0.0161. The van der Waals surface area contributed by atoms with Crippen molar-refractivity contribution in [3.8, 4) is 5.69 Å². The van der Waals surface area contributed by atoms with E-state index in [-0.39, 0.29) is 28.5 Å². The molecular weight excluding hydrogens is 610 g/mol. The summed E-state index contributed by atoms with van der Waals surface area (Å²) in [7, 11) is -6.62. The van der Waals surface area contributed by atoms with E-state index in [4.69, 9.17) is 0 Å². The number of hydrogen-bond acceptors (Lipinski definition) is 6. The normalized spacial score (nSPS) is 18.9. The van der Waals surface area contributed by atoms with Gasteiger partial charge in [0.2, 0.25) is 10.0 Å². The van der Waals surface area contributed by atoms with Crippen LogP contribution >= 0.6 is 0 Å². The molecule has 2 aromatic carbocycles. The fourth-order valence-corrected chi connectivity index (χ4v) is 8.32. The number of nitrogens with zero attached hydrogens (tertiary/aromatic N) is 4. The molecule has 0 saturated carbocycles. The van der Waals surface area contributed by atoms with Gasteiger partial charge in [0, 0.05) is 56.4 Å². The first-order valence-corrected chi connectivity index (χ1v) is 18.7. The fourth-order valence-electron chi connectivity index (χ4n) is 6.81. The minimum atomic E-state index is -3.34. The smallest absolute Gasteiger partial charge is 0.303 e. The molecule has 0 bridgehead atoms. The Labute approximate surface area is 258 Å². The summed E-state index contributed by atoms with van der Waals surface area (Å²) >= 11 is 0. The van der Waals surface area contributed by atoms with Crippen molar-refractivity contribution in [2.75, 3.05) is 45.2 Å². The van der Waals surface area contributed by atoms with Crippen molar-refractivity contribution in [1.82, 2.24) is 18.3 Å². The summed E-state index contributed by atoms with van der Waals surface area (Å²) in [6, 6.07) is 9.99. The average Bonchev–Trinajstić information content (AvgIpc) is 3.25. The first kappa shape index (κ1) is 32.5. The maximum absolute atomic E-state index is 14.2. The lowest BCUT2D eigenvalue weighted by molar-refractivity contribution is 0.166. The van der Waals surface area contributed by atoms with Crippen LogP contribution in [0.25, 0.3) is 5.69 Å².